The van der Waals surface area contributed by atoms with E-state index in [1.165, 1.54) is 24.3 Å². The summed E-state index contributed by atoms with van der Waals surface area (Å²) in [7, 11) is 0. The zero-order valence-corrected chi connectivity index (χ0v) is 23.5. The van der Waals surface area contributed by atoms with Gasteiger partial charge in [-0.05, 0) is 31.0 Å². The number of halogens is 1. The van der Waals surface area contributed by atoms with E-state index in [0.29, 0.717) is 63.6 Å². The van der Waals surface area contributed by atoms with Gasteiger partial charge in [-0.25, -0.2) is 0 Å². The van der Waals surface area contributed by atoms with Crippen molar-refractivity contribution in [2.24, 2.45) is 0 Å². The van der Waals surface area contributed by atoms with Crippen molar-refractivity contribution < 1.29 is 43.6 Å². The summed E-state index contributed by atoms with van der Waals surface area (Å²) in [5.74, 6) is -2.57. The summed E-state index contributed by atoms with van der Waals surface area (Å²) in [4.78, 5) is 49.4. The van der Waals surface area contributed by atoms with E-state index < -0.39 is 23.2 Å². The molecule has 0 spiro atoms. The lowest BCUT2D eigenvalue weighted by atomic mass is 9.82. The highest BCUT2D eigenvalue weighted by Gasteiger charge is 2.34. The zero-order valence-electron chi connectivity index (χ0n) is 21.3. The van der Waals surface area contributed by atoms with Gasteiger partial charge in [0.2, 0.25) is 11.7 Å². The molecule has 3 rings (SSSR count). The number of aromatic hydroxyl groups is 2. The van der Waals surface area contributed by atoms with Gasteiger partial charge < -0.3 is 35.1 Å². The molecule has 2 aromatic rings. The number of amides is 2. The quantitative estimate of drug-likeness (QED) is 0.103. The Balaban J connectivity index is 1.30. The highest BCUT2D eigenvalue weighted by Crippen LogP contribution is 2.37. The van der Waals surface area contributed by atoms with Crippen LogP contribution in [0.3, 0.4) is 0 Å². The Hall–Kier alpha value is -3.07. The number of carbonyl (C=O) groups excluding carboxylic acids is 4. The molecule has 210 valence electrons. The normalized spacial score (nSPS) is 12.1. The SMILES string of the molecule is O=C(CI)NCCCOCCOCCOCCCNC(=O)c1cc(O)c2c(c1)C(=O)c1cccc(O)c1C2=O. The Labute approximate surface area is 239 Å². The molecule has 0 bridgehead atoms. The molecule has 39 heavy (non-hydrogen) atoms. The fourth-order valence-electron chi connectivity index (χ4n) is 3.88. The maximum Gasteiger partial charge on any atom is 0.251 e. The third kappa shape index (κ3) is 8.46. The standard InChI is InChI=1S/C27H31IN2O9/c28-16-22(33)29-6-2-8-37-10-12-39-13-11-38-9-3-7-30-27(36)17-14-19-24(21(32)15-17)26(35)23-18(25(19)34)4-1-5-20(23)31/h1,4-5,14-15,31-32H,2-3,6-13,16H2,(H,29,33)(H,30,36). The predicted octanol–water partition coefficient (Wildman–Crippen LogP) is 1.98. The van der Waals surface area contributed by atoms with Gasteiger partial charge in [-0.3, -0.25) is 19.2 Å². The van der Waals surface area contributed by atoms with Crippen LogP contribution in [0, 0.1) is 0 Å². The van der Waals surface area contributed by atoms with E-state index in [1.807, 2.05) is 22.6 Å². The van der Waals surface area contributed by atoms with Gasteiger partial charge in [0.1, 0.15) is 11.5 Å². The summed E-state index contributed by atoms with van der Waals surface area (Å²) in [5.41, 5.74) is -0.418. The Kier molecular flexibility index (Phi) is 12.1. The first-order valence-electron chi connectivity index (χ1n) is 12.5. The van der Waals surface area contributed by atoms with Crippen molar-refractivity contribution in [3.63, 3.8) is 0 Å². The average molecular weight is 654 g/mol. The minimum atomic E-state index is -0.676. The number of phenols is 2. The average Bonchev–Trinajstić information content (AvgIpc) is 2.92. The van der Waals surface area contributed by atoms with Crippen LogP contribution in [0.5, 0.6) is 11.5 Å². The van der Waals surface area contributed by atoms with E-state index in [9.17, 15) is 29.4 Å². The van der Waals surface area contributed by atoms with Crippen molar-refractivity contribution in [1.82, 2.24) is 10.6 Å². The minimum absolute atomic E-state index is 0.0161. The van der Waals surface area contributed by atoms with Gasteiger partial charge in [-0.1, -0.05) is 34.7 Å². The van der Waals surface area contributed by atoms with Crippen molar-refractivity contribution in [3.8, 4) is 11.5 Å². The Morgan fingerprint density at radius 1 is 0.744 bits per heavy atom. The van der Waals surface area contributed by atoms with E-state index in [2.05, 4.69) is 10.6 Å². The summed E-state index contributed by atoms with van der Waals surface area (Å²) in [5, 5.41) is 25.9. The van der Waals surface area contributed by atoms with Gasteiger partial charge >= 0.3 is 0 Å². The summed E-state index contributed by atoms with van der Waals surface area (Å²) in [6.45, 7) is 3.53. The van der Waals surface area contributed by atoms with Gasteiger partial charge in [0, 0.05) is 43.0 Å². The molecule has 1 aliphatic rings. The van der Waals surface area contributed by atoms with Crippen LogP contribution < -0.4 is 10.6 Å². The summed E-state index contributed by atoms with van der Waals surface area (Å²) >= 11 is 2.01. The number of alkyl halides is 1. The molecule has 2 amide bonds. The largest absolute Gasteiger partial charge is 0.507 e. The number of phenolic OH excluding ortho intramolecular Hbond substituents is 2. The highest BCUT2D eigenvalue weighted by molar-refractivity contribution is 14.1. The van der Waals surface area contributed by atoms with E-state index in [0.717, 1.165) is 12.5 Å². The number of benzene rings is 2. The van der Waals surface area contributed by atoms with Crippen LogP contribution >= 0.6 is 22.6 Å². The molecular weight excluding hydrogens is 623 g/mol. The van der Waals surface area contributed by atoms with Crippen LogP contribution in [0.1, 0.15) is 55.0 Å². The van der Waals surface area contributed by atoms with Gasteiger partial charge in [0.05, 0.1) is 42.0 Å². The third-order valence-corrected chi connectivity index (χ3v) is 6.46. The monoisotopic (exact) mass is 654 g/mol. The number of hydrogen-bond acceptors (Lipinski definition) is 9. The molecule has 0 fully saturated rings. The molecule has 0 aromatic heterocycles. The fraction of sp³-hybridized carbons (Fsp3) is 0.407. The number of ether oxygens (including phenoxy) is 3. The van der Waals surface area contributed by atoms with Gasteiger partial charge in [-0.15, -0.1) is 0 Å². The number of rotatable bonds is 16. The van der Waals surface area contributed by atoms with Crippen LogP contribution in [0.25, 0.3) is 0 Å². The summed E-state index contributed by atoms with van der Waals surface area (Å²) in [6, 6.07) is 6.57. The Morgan fingerprint density at radius 2 is 1.33 bits per heavy atom. The smallest absolute Gasteiger partial charge is 0.251 e. The Bertz CT molecular complexity index is 1200. The Morgan fingerprint density at radius 3 is 1.97 bits per heavy atom. The number of nitrogens with one attached hydrogen (secondary N) is 2. The minimum Gasteiger partial charge on any atom is -0.507 e. The number of fused-ring (bicyclic) bond motifs is 2. The second kappa shape index (κ2) is 15.5. The molecule has 0 radical (unpaired) electrons. The number of ketones is 2. The maximum absolute atomic E-state index is 12.9. The molecule has 4 N–H and O–H groups in total. The van der Waals surface area contributed by atoms with E-state index >= 15 is 0 Å². The van der Waals surface area contributed by atoms with Crippen LogP contribution in [0.4, 0.5) is 0 Å². The predicted molar refractivity (Wildman–Crippen MR) is 149 cm³/mol. The zero-order chi connectivity index (χ0) is 28.2. The molecule has 11 nitrogen and oxygen atoms in total. The van der Waals surface area contributed by atoms with Crippen molar-refractivity contribution in [2.75, 3.05) is 57.2 Å². The lowest BCUT2D eigenvalue weighted by molar-refractivity contribution is -0.118. The van der Waals surface area contributed by atoms with Gasteiger partial charge in [0.25, 0.3) is 5.91 Å². The summed E-state index contributed by atoms with van der Waals surface area (Å²) < 4.78 is 16.8. The topological polar surface area (TPSA) is 160 Å². The second-order valence-electron chi connectivity index (χ2n) is 8.56. The lowest BCUT2D eigenvalue weighted by Gasteiger charge is -2.20. The van der Waals surface area contributed by atoms with Crippen LogP contribution in [0.15, 0.2) is 30.3 Å². The molecule has 0 saturated heterocycles. The maximum atomic E-state index is 12.9. The molecule has 0 heterocycles. The van der Waals surface area contributed by atoms with Gasteiger partial charge in [0.15, 0.2) is 5.78 Å². The molecule has 12 heteroatoms. The molecular formula is C27H31IN2O9. The molecule has 0 unspecified atom stereocenters. The number of carbonyl (C=O) groups is 4. The highest BCUT2D eigenvalue weighted by atomic mass is 127. The first kappa shape index (κ1) is 30.5. The molecule has 0 aliphatic heterocycles. The third-order valence-electron chi connectivity index (χ3n) is 5.77. The van der Waals surface area contributed by atoms with E-state index in [-0.39, 0.29) is 39.5 Å². The molecule has 1 aliphatic carbocycles. The van der Waals surface area contributed by atoms with Crippen LogP contribution in [0.2, 0.25) is 0 Å². The molecule has 0 saturated carbocycles. The van der Waals surface area contributed by atoms with Crippen molar-refractivity contribution in [3.05, 3.63) is 58.1 Å². The first-order valence-corrected chi connectivity index (χ1v) is 14.0. The second-order valence-corrected chi connectivity index (χ2v) is 9.32. The van der Waals surface area contributed by atoms with Crippen LogP contribution in [-0.2, 0) is 19.0 Å². The van der Waals surface area contributed by atoms with E-state index in [4.69, 9.17) is 14.2 Å². The van der Waals surface area contributed by atoms with Crippen molar-refractivity contribution >= 4 is 46.0 Å². The fourth-order valence-corrected chi connectivity index (χ4v) is 4.15. The lowest BCUT2D eigenvalue weighted by Crippen LogP contribution is -2.27. The van der Waals surface area contributed by atoms with Crippen molar-refractivity contribution in [1.29, 1.82) is 0 Å². The van der Waals surface area contributed by atoms with E-state index in [1.54, 1.807) is 0 Å². The summed E-state index contributed by atoms with van der Waals surface area (Å²) in [6.07, 6.45) is 1.28. The van der Waals surface area contributed by atoms with Crippen molar-refractivity contribution in [2.45, 2.75) is 12.8 Å². The van der Waals surface area contributed by atoms with Crippen LogP contribution in [-0.4, -0.2) is 90.8 Å². The van der Waals surface area contributed by atoms with Gasteiger partial charge in [-0.2, -0.15) is 0 Å². The number of hydrogen-bond donors (Lipinski definition) is 4. The first-order chi connectivity index (χ1) is 18.8. The molecule has 0 atom stereocenters. The molecule has 2 aromatic carbocycles.